The molecule has 2 aliphatic rings. The van der Waals surface area contributed by atoms with E-state index in [-0.39, 0.29) is 0 Å². The smallest absolute Gasteiger partial charge is 0.121 e. The fraction of sp³-hybridized carbons (Fsp3) is 0.571. The van der Waals surface area contributed by atoms with Gasteiger partial charge in [-0.2, -0.15) is 0 Å². The second kappa shape index (κ2) is 3.83. The van der Waals surface area contributed by atoms with Crippen molar-refractivity contribution in [2.75, 3.05) is 24.7 Å². The fourth-order valence-electron chi connectivity index (χ4n) is 2.69. The van der Waals surface area contributed by atoms with Gasteiger partial charge in [0.1, 0.15) is 5.75 Å². The molecule has 0 radical (unpaired) electrons. The number of hydrogen-bond donors (Lipinski definition) is 2. The van der Waals surface area contributed by atoms with Crippen molar-refractivity contribution in [2.24, 2.45) is 11.3 Å². The van der Waals surface area contributed by atoms with E-state index in [1.807, 2.05) is 18.2 Å². The molecular weight excluding hydrogens is 212 g/mol. The monoisotopic (exact) mass is 232 g/mol. The van der Waals surface area contributed by atoms with E-state index in [4.69, 9.17) is 10.5 Å². The Hall–Kier alpha value is -1.38. The maximum atomic E-state index is 6.00. The van der Waals surface area contributed by atoms with Crippen molar-refractivity contribution < 1.29 is 4.74 Å². The predicted octanol–water partition coefficient (Wildman–Crippen LogP) is 2.88. The van der Waals surface area contributed by atoms with Crippen LogP contribution in [0.3, 0.4) is 0 Å². The number of nitrogen functional groups attached to an aromatic ring is 1. The lowest BCUT2D eigenvalue weighted by molar-refractivity contribution is 0.415. The van der Waals surface area contributed by atoms with Crippen molar-refractivity contribution >= 4 is 11.4 Å². The van der Waals surface area contributed by atoms with Gasteiger partial charge in [0.25, 0.3) is 0 Å². The highest BCUT2D eigenvalue weighted by molar-refractivity contribution is 5.68. The van der Waals surface area contributed by atoms with Crippen LogP contribution < -0.4 is 15.8 Å². The lowest BCUT2D eigenvalue weighted by Crippen LogP contribution is -2.17. The quantitative estimate of drug-likeness (QED) is 0.767. The Labute approximate surface area is 102 Å². The topological polar surface area (TPSA) is 47.3 Å². The Morgan fingerprint density at radius 2 is 2.18 bits per heavy atom. The number of nitrogens with one attached hydrogen (secondary N) is 1. The Morgan fingerprint density at radius 1 is 1.41 bits per heavy atom. The SMILES string of the molecule is COc1ccc(NCC2(C3CC3)CC2)c(N)c1. The van der Waals surface area contributed by atoms with Gasteiger partial charge in [0.05, 0.1) is 18.5 Å². The van der Waals surface area contributed by atoms with Crippen LogP contribution >= 0.6 is 0 Å². The van der Waals surface area contributed by atoms with E-state index >= 15 is 0 Å². The highest BCUT2D eigenvalue weighted by Crippen LogP contribution is 2.61. The molecule has 0 unspecified atom stereocenters. The van der Waals surface area contributed by atoms with E-state index < -0.39 is 0 Å². The van der Waals surface area contributed by atoms with Crippen molar-refractivity contribution in [2.45, 2.75) is 25.7 Å². The molecule has 3 N–H and O–H groups in total. The van der Waals surface area contributed by atoms with E-state index in [0.717, 1.165) is 29.6 Å². The summed E-state index contributed by atoms with van der Waals surface area (Å²) in [7, 11) is 1.66. The van der Waals surface area contributed by atoms with E-state index in [0.29, 0.717) is 5.41 Å². The molecule has 2 aliphatic carbocycles. The highest BCUT2D eigenvalue weighted by atomic mass is 16.5. The zero-order valence-corrected chi connectivity index (χ0v) is 10.3. The van der Waals surface area contributed by atoms with Crippen LogP contribution in [0.4, 0.5) is 11.4 Å². The minimum Gasteiger partial charge on any atom is -0.497 e. The molecule has 3 nitrogen and oxygen atoms in total. The molecule has 2 fully saturated rings. The molecule has 0 aromatic heterocycles. The zero-order valence-electron chi connectivity index (χ0n) is 10.3. The number of benzene rings is 1. The lowest BCUT2D eigenvalue weighted by Gasteiger charge is -2.17. The summed E-state index contributed by atoms with van der Waals surface area (Å²) < 4.78 is 5.15. The minimum atomic E-state index is 0.604. The molecule has 0 saturated heterocycles. The van der Waals surface area contributed by atoms with Crippen LogP contribution in [0.5, 0.6) is 5.75 Å². The lowest BCUT2D eigenvalue weighted by atomic mass is 10.0. The molecular formula is C14H20N2O. The van der Waals surface area contributed by atoms with E-state index in [9.17, 15) is 0 Å². The van der Waals surface area contributed by atoms with Crippen LogP contribution in [0.2, 0.25) is 0 Å². The average Bonchev–Trinajstić information content (AvgIpc) is 3.18. The van der Waals surface area contributed by atoms with Gasteiger partial charge in [-0.25, -0.2) is 0 Å². The number of anilines is 2. The molecule has 92 valence electrons. The third kappa shape index (κ3) is 2.06. The Bertz CT molecular complexity index is 422. The first-order valence-electron chi connectivity index (χ1n) is 6.41. The Balaban J connectivity index is 1.65. The first-order chi connectivity index (χ1) is 8.23. The highest BCUT2D eigenvalue weighted by Gasteiger charge is 2.53. The van der Waals surface area contributed by atoms with Crippen molar-refractivity contribution in [3.05, 3.63) is 18.2 Å². The van der Waals surface area contributed by atoms with Crippen LogP contribution in [0, 0.1) is 11.3 Å². The first-order valence-corrected chi connectivity index (χ1v) is 6.41. The van der Waals surface area contributed by atoms with Gasteiger partial charge in [-0.1, -0.05) is 0 Å². The number of ether oxygens (including phenoxy) is 1. The summed E-state index contributed by atoms with van der Waals surface area (Å²) >= 11 is 0. The molecule has 3 rings (SSSR count). The van der Waals surface area contributed by atoms with E-state index in [1.165, 1.54) is 25.7 Å². The normalized spacial score (nSPS) is 21.0. The van der Waals surface area contributed by atoms with E-state index in [2.05, 4.69) is 5.32 Å². The number of nitrogens with two attached hydrogens (primary N) is 1. The molecule has 0 bridgehead atoms. The summed E-state index contributed by atoms with van der Waals surface area (Å²) in [5.74, 6) is 1.80. The molecule has 17 heavy (non-hydrogen) atoms. The fourth-order valence-corrected chi connectivity index (χ4v) is 2.69. The number of rotatable bonds is 5. The van der Waals surface area contributed by atoms with Gasteiger partial charge in [0.2, 0.25) is 0 Å². The maximum absolute atomic E-state index is 6.00. The van der Waals surface area contributed by atoms with Crippen LogP contribution in [0.15, 0.2) is 18.2 Å². The van der Waals surface area contributed by atoms with Gasteiger partial charge >= 0.3 is 0 Å². The minimum absolute atomic E-state index is 0.604. The van der Waals surface area contributed by atoms with Crippen LogP contribution in [0.1, 0.15) is 25.7 Å². The molecule has 3 heteroatoms. The summed E-state index contributed by atoms with van der Waals surface area (Å²) in [5, 5.41) is 3.51. The molecule has 0 aliphatic heterocycles. The largest absolute Gasteiger partial charge is 0.497 e. The van der Waals surface area contributed by atoms with Crippen molar-refractivity contribution in [1.29, 1.82) is 0 Å². The Kier molecular flexibility index (Phi) is 2.42. The Morgan fingerprint density at radius 3 is 2.71 bits per heavy atom. The third-order valence-electron chi connectivity index (χ3n) is 4.23. The third-order valence-corrected chi connectivity index (χ3v) is 4.23. The van der Waals surface area contributed by atoms with Gasteiger partial charge in [0.15, 0.2) is 0 Å². The van der Waals surface area contributed by atoms with Crippen molar-refractivity contribution in [3.63, 3.8) is 0 Å². The standard InChI is InChI=1S/C14H20N2O/c1-17-11-4-5-13(12(15)8-11)16-9-14(6-7-14)10-2-3-10/h4-5,8,10,16H,2-3,6-7,9,15H2,1H3. The molecule has 0 atom stereocenters. The second-order valence-electron chi connectivity index (χ2n) is 5.44. The summed E-state index contributed by atoms with van der Waals surface area (Å²) in [6, 6.07) is 5.84. The van der Waals surface area contributed by atoms with Gasteiger partial charge in [-0.15, -0.1) is 0 Å². The molecule has 0 heterocycles. The second-order valence-corrected chi connectivity index (χ2v) is 5.44. The molecule has 0 spiro atoms. The van der Waals surface area contributed by atoms with Gasteiger partial charge in [0, 0.05) is 12.6 Å². The van der Waals surface area contributed by atoms with Gasteiger partial charge in [-0.05, 0) is 49.1 Å². The summed E-state index contributed by atoms with van der Waals surface area (Å²) in [6.45, 7) is 1.08. The van der Waals surface area contributed by atoms with Crippen LogP contribution in [0.25, 0.3) is 0 Å². The molecule has 0 amide bonds. The molecule has 2 saturated carbocycles. The van der Waals surface area contributed by atoms with Gasteiger partial charge in [-0.3, -0.25) is 0 Å². The summed E-state index contributed by atoms with van der Waals surface area (Å²) in [6.07, 6.45) is 5.64. The molecule has 1 aromatic carbocycles. The number of hydrogen-bond acceptors (Lipinski definition) is 3. The number of methoxy groups -OCH3 is 1. The van der Waals surface area contributed by atoms with E-state index in [1.54, 1.807) is 7.11 Å². The van der Waals surface area contributed by atoms with Crippen molar-refractivity contribution in [3.8, 4) is 5.75 Å². The maximum Gasteiger partial charge on any atom is 0.121 e. The van der Waals surface area contributed by atoms with Gasteiger partial charge < -0.3 is 15.8 Å². The molecule has 1 aromatic rings. The van der Waals surface area contributed by atoms with Crippen LogP contribution in [-0.4, -0.2) is 13.7 Å². The van der Waals surface area contributed by atoms with Crippen molar-refractivity contribution in [1.82, 2.24) is 0 Å². The first kappa shape index (κ1) is 10.8. The zero-order chi connectivity index (χ0) is 11.9. The summed E-state index contributed by atoms with van der Waals surface area (Å²) in [4.78, 5) is 0. The summed E-state index contributed by atoms with van der Waals surface area (Å²) in [5.41, 5.74) is 8.41. The van der Waals surface area contributed by atoms with Crippen LogP contribution in [-0.2, 0) is 0 Å². The predicted molar refractivity (Wildman–Crippen MR) is 70.3 cm³/mol. The average molecular weight is 232 g/mol.